The Morgan fingerprint density at radius 2 is 1.38 bits per heavy atom. The molecule has 0 saturated carbocycles. The van der Waals surface area contributed by atoms with Gasteiger partial charge >= 0.3 is 5.97 Å². The molecule has 29 heavy (non-hydrogen) atoms. The Balaban J connectivity index is 1.68. The maximum atomic E-state index is 12.7. The summed E-state index contributed by atoms with van der Waals surface area (Å²) in [7, 11) is 0. The van der Waals surface area contributed by atoms with Crippen molar-refractivity contribution in [3.05, 3.63) is 89.5 Å². The molecule has 3 aromatic carbocycles. The third-order valence-corrected chi connectivity index (χ3v) is 4.67. The molecular weight excluding hydrogens is 366 g/mol. The van der Waals surface area contributed by atoms with Gasteiger partial charge in [0.05, 0.1) is 28.5 Å². The van der Waals surface area contributed by atoms with E-state index in [1.165, 1.54) is 4.90 Å². The van der Waals surface area contributed by atoms with E-state index in [9.17, 15) is 14.4 Å². The Kier molecular flexibility index (Phi) is 4.72. The highest BCUT2D eigenvalue weighted by atomic mass is 16.5. The van der Waals surface area contributed by atoms with Crippen molar-refractivity contribution in [2.24, 2.45) is 0 Å². The Bertz CT molecular complexity index is 1100. The minimum absolute atomic E-state index is 0.205. The lowest BCUT2D eigenvalue weighted by molar-refractivity contribution is 0.0377. The molecule has 0 fully saturated rings. The SMILES string of the molecule is CC(C)OC(=O)c1cccc(-c2cccc(N3C(=O)c4ccccc4C3=O)c2)c1. The van der Waals surface area contributed by atoms with E-state index in [0.29, 0.717) is 22.4 Å². The maximum absolute atomic E-state index is 12.7. The first-order valence-corrected chi connectivity index (χ1v) is 9.35. The molecule has 0 spiro atoms. The number of esters is 1. The summed E-state index contributed by atoms with van der Waals surface area (Å²) in [5.41, 5.74) is 3.33. The van der Waals surface area contributed by atoms with Crippen LogP contribution in [0.1, 0.15) is 44.9 Å². The lowest BCUT2D eigenvalue weighted by Crippen LogP contribution is -2.29. The van der Waals surface area contributed by atoms with Gasteiger partial charge in [0, 0.05) is 0 Å². The summed E-state index contributed by atoms with van der Waals surface area (Å²) in [6.07, 6.45) is -0.205. The smallest absolute Gasteiger partial charge is 0.338 e. The van der Waals surface area contributed by atoms with Crippen LogP contribution in [0.5, 0.6) is 0 Å². The normalized spacial score (nSPS) is 13.0. The Morgan fingerprint density at radius 1 is 0.793 bits per heavy atom. The molecule has 3 aromatic rings. The van der Waals surface area contributed by atoms with Crippen molar-refractivity contribution in [1.29, 1.82) is 0 Å². The molecule has 0 saturated heterocycles. The molecular formula is C24H19NO4. The second-order valence-electron chi connectivity index (χ2n) is 7.08. The molecule has 144 valence electrons. The molecule has 0 aromatic heterocycles. The molecule has 0 atom stereocenters. The number of amides is 2. The average molecular weight is 385 g/mol. The van der Waals surface area contributed by atoms with Crippen LogP contribution < -0.4 is 4.90 Å². The van der Waals surface area contributed by atoms with Gasteiger partial charge in [-0.1, -0.05) is 36.4 Å². The van der Waals surface area contributed by atoms with Crippen LogP contribution in [0.3, 0.4) is 0 Å². The van der Waals surface area contributed by atoms with Gasteiger partial charge in [-0.2, -0.15) is 0 Å². The van der Waals surface area contributed by atoms with Crippen LogP contribution in [0.4, 0.5) is 5.69 Å². The third kappa shape index (κ3) is 3.43. The number of nitrogens with zero attached hydrogens (tertiary/aromatic N) is 1. The van der Waals surface area contributed by atoms with Gasteiger partial charge in [0.1, 0.15) is 0 Å². The number of benzene rings is 3. The van der Waals surface area contributed by atoms with E-state index in [-0.39, 0.29) is 17.9 Å². The molecule has 0 radical (unpaired) electrons. The quantitative estimate of drug-likeness (QED) is 0.482. The minimum Gasteiger partial charge on any atom is -0.459 e. The number of fused-ring (bicyclic) bond motifs is 1. The number of hydrogen-bond acceptors (Lipinski definition) is 4. The summed E-state index contributed by atoms with van der Waals surface area (Å²) in [6, 6.07) is 21.0. The number of carbonyl (C=O) groups excluding carboxylic acids is 3. The van der Waals surface area contributed by atoms with Crippen LogP contribution in [0.2, 0.25) is 0 Å². The van der Waals surface area contributed by atoms with Gasteiger partial charge in [0.15, 0.2) is 0 Å². The van der Waals surface area contributed by atoms with Crippen LogP contribution >= 0.6 is 0 Å². The topological polar surface area (TPSA) is 63.7 Å². The van der Waals surface area contributed by atoms with Gasteiger partial charge in [-0.3, -0.25) is 9.59 Å². The molecule has 1 aliphatic rings. The fourth-order valence-corrected chi connectivity index (χ4v) is 3.36. The van der Waals surface area contributed by atoms with Crippen LogP contribution in [0.15, 0.2) is 72.8 Å². The molecule has 0 bridgehead atoms. The fourth-order valence-electron chi connectivity index (χ4n) is 3.36. The minimum atomic E-state index is -0.390. The molecule has 1 heterocycles. The van der Waals surface area contributed by atoms with Gasteiger partial charge in [0.25, 0.3) is 11.8 Å². The molecule has 5 nitrogen and oxygen atoms in total. The number of imide groups is 1. The lowest BCUT2D eigenvalue weighted by atomic mass is 10.0. The summed E-state index contributed by atoms with van der Waals surface area (Å²) >= 11 is 0. The van der Waals surface area contributed by atoms with E-state index < -0.39 is 5.97 Å². The zero-order chi connectivity index (χ0) is 20.5. The molecule has 0 N–H and O–H groups in total. The largest absolute Gasteiger partial charge is 0.459 e. The Morgan fingerprint density at radius 3 is 2.00 bits per heavy atom. The van der Waals surface area contributed by atoms with Gasteiger partial charge < -0.3 is 4.74 Å². The zero-order valence-electron chi connectivity index (χ0n) is 16.1. The number of carbonyl (C=O) groups is 3. The number of rotatable bonds is 4. The van der Waals surface area contributed by atoms with Crippen molar-refractivity contribution >= 4 is 23.5 Å². The molecule has 0 aliphatic carbocycles. The highest BCUT2D eigenvalue weighted by Crippen LogP contribution is 2.31. The van der Waals surface area contributed by atoms with Crippen molar-refractivity contribution < 1.29 is 19.1 Å². The van der Waals surface area contributed by atoms with Crippen LogP contribution in [0, 0.1) is 0 Å². The fraction of sp³-hybridized carbons (Fsp3) is 0.125. The standard InChI is InChI=1S/C24H19NO4/c1-15(2)29-24(28)18-9-5-7-16(13-18)17-8-6-10-19(14-17)25-22(26)20-11-3-4-12-21(20)23(25)27/h3-15H,1-2H3. The number of anilines is 1. The molecule has 5 heteroatoms. The van der Waals surface area contributed by atoms with E-state index in [4.69, 9.17) is 4.74 Å². The van der Waals surface area contributed by atoms with Crippen molar-refractivity contribution in [2.45, 2.75) is 20.0 Å². The van der Waals surface area contributed by atoms with Crippen LogP contribution in [-0.2, 0) is 4.74 Å². The van der Waals surface area contributed by atoms with Gasteiger partial charge in [0.2, 0.25) is 0 Å². The second-order valence-corrected chi connectivity index (χ2v) is 7.08. The van der Waals surface area contributed by atoms with Crippen molar-refractivity contribution in [1.82, 2.24) is 0 Å². The third-order valence-electron chi connectivity index (χ3n) is 4.67. The molecule has 2 amide bonds. The van der Waals surface area contributed by atoms with Crippen molar-refractivity contribution in [3.8, 4) is 11.1 Å². The van der Waals surface area contributed by atoms with E-state index >= 15 is 0 Å². The van der Waals surface area contributed by atoms with Gasteiger partial charge in [-0.15, -0.1) is 0 Å². The van der Waals surface area contributed by atoms with Gasteiger partial charge in [-0.05, 0) is 61.4 Å². The summed E-state index contributed by atoms with van der Waals surface area (Å²) < 4.78 is 5.26. The monoisotopic (exact) mass is 385 g/mol. The van der Waals surface area contributed by atoms with E-state index in [0.717, 1.165) is 11.1 Å². The van der Waals surface area contributed by atoms with E-state index in [1.54, 1.807) is 74.5 Å². The van der Waals surface area contributed by atoms with Crippen molar-refractivity contribution in [2.75, 3.05) is 4.90 Å². The Hall–Kier alpha value is -3.73. The van der Waals surface area contributed by atoms with Crippen LogP contribution in [-0.4, -0.2) is 23.9 Å². The van der Waals surface area contributed by atoms with Crippen LogP contribution in [0.25, 0.3) is 11.1 Å². The van der Waals surface area contributed by atoms with Gasteiger partial charge in [-0.25, -0.2) is 9.69 Å². The molecule has 0 unspecified atom stereocenters. The Labute approximate surface area is 168 Å². The summed E-state index contributed by atoms with van der Waals surface area (Å²) in [5, 5.41) is 0. The van der Waals surface area contributed by atoms with Crippen molar-refractivity contribution in [3.63, 3.8) is 0 Å². The average Bonchev–Trinajstić information content (AvgIpc) is 2.98. The first-order chi connectivity index (χ1) is 14.0. The summed E-state index contributed by atoms with van der Waals surface area (Å²) in [4.78, 5) is 38.9. The van der Waals surface area contributed by atoms with E-state index in [2.05, 4.69) is 0 Å². The highest BCUT2D eigenvalue weighted by molar-refractivity contribution is 6.34. The number of hydrogen-bond donors (Lipinski definition) is 0. The first-order valence-electron chi connectivity index (χ1n) is 9.35. The number of ether oxygens (including phenoxy) is 1. The summed E-state index contributed by atoms with van der Waals surface area (Å²) in [5.74, 6) is -1.06. The predicted molar refractivity (Wildman–Crippen MR) is 110 cm³/mol. The zero-order valence-corrected chi connectivity index (χ0v) is 16.1. The van der Waals surface area contributed by atoms with E-state index in [1.807, 2.05) is 12.1 Å². The lowest BCUT2D eigenvalue weighted by Gasteiger charge is -2.15. The first kappa shape index (κ1) is 18.6. The highest BCUT2D eigenvalue weighted by Gasteiger charge is 2.36. The predicted octanol–water partition coefficient (Wildman–Crippen LogP) is 4.72. The summed E-state index contributed by atoms with van der Waals surface area (Å²) in [6.45, 7) is 3.60. The molecule has 1 aliphatic heterocycles. The molecule has 4 rings (SSSR count). The second kappa shape index (κ2) is 7.36. The maximum Gasteiger partial charge on any atom is 0.338 e.